The van der Waals surface area contributed by atoms with Gasteiger partial charge in [-0.2, -0.15) is 5.10 Å². The van der Waals surface area contributed by atoms with Crippen LogP contribution in [0.5, 0.6) is 0 Å². The van der Waals surface area contributed by atoms with E-state index in [4.69, 9.17) is 23.2 Å². The van der Waals surface area contributed by atoms with Crippen LogP contribution < -0.4 is 5.32 Å². The number of rotatable bonds is 3. The number of aromatic amines is 1. The predicted molar refractivity (Wildman–Crippen MR) is 109 cm³/mol. The number of anilines is 1. The van der Waals surface area contributed by atoms with Crippen molar-refractivity contribution in [2.45, 2.75) is 6.92 Å². The van der Waals surface area contributed by atoms with E-state index in [0.29, 0.717) is 15.7 Å². The van der Waals surface area contributed by atoms with Gasteiger partial charge in [-0.15, -0.1) is 0 Å². The number of carbonyl (C=O) groups excluding carboxylic acids is 1. The molecule has 0 unspecified atom stereocenters. The summed E-state index contributed by atoms with van der Waals surface area (Å²) < 4.78 is 0. The second-order valence-corrected chi connectivity index (χ2v) is 6.89. The Balaban J connectivity index is 1.71. The fourth-order valence-electron chi connectivity index (χ4n) is 2.88. The summed E-state index contributed by atoms with van der Waals surface area (Å²) in [6, 6.07) is 16.7. The summed E-state index contributed by atoms with van der Waals surface area (Å²) in [6.07, 6.45) is 0. The first-order chi connectivity index (χ1) is 13.0. The molecule has 7 heteroatoms. The smallest absolute Gasteiger partial charge is 0.221 e. The second kappa shape index (κ2) is 7.02. The lowest BCUT2D eigenvalue weighted by atomic mass is 10.1. The summed E-state index contributed by atoms with van der Waals surface area (Å²) in [5.41, 5.74) is 4.67. The van der Waals surface area contributed by atoms with E-state index in [2.05, 4.69) is 20.5 Å². The van der Waals surface area contributed by atoms with Gasteiger partial charge in [0.15, 0.2) is 5.65 Å². The second-order valence-electron chi connectivity index (χ2n) is 6.05. The molecule has 0 saturated heterocycles. The third kappa shape index (κ3) is 3.52. The number of amides is 1. The molecule has 134 valence electrons. The molecule has 0 fully saturated rings. The number of carbonyl (C=O) groups is 1. The Morgan fingerprint density at radius 1 is 1.04 bits per heavy atom. The maximum atomic E-state index is 11.1. The first-order valence-corrected chi connectivity index (χ1v) is 8.95. The fourth-order valence-corrected chi connectivity index (χ4v) is 3.39. The Labute approximate surface area is 165 Å². The first kappa shape index (κ1) is 17.5. The molecular formula is C20H14Cl2N4O. The SMILES string of the molecule is CC(=O)Nc1ccc(-c2ccc3c(-c4ccc(Cl)cc4Cl)[nH]nc3n2)cc1. The van der Waals surface area contributed by atoms with Crippen LogP contribution in [-0.2, 0) is 4.79 Å². The van der Waals surface area contributed by atoms with Gasteiger partial charge in [0.05, 0.1) is 16.4 Å². The highest BCUT2D eigenvalue weighted by atomic mass is 35.5. The normalized spacial score (nSPS) is 10.9. The molecule has 2 N–H and O–H groups in total. The third-order valence-electron chi connectivity index (χ3n) is 4.12. The van der Waals surface area contributed by atoms with E-state index in [-0.39, 0.29) is 5.91 Å². The zero-order valence-corrected chi connectivity index (χ0v) is 15.8. The molecule has 0 radical (unpaired) electrons. The molecule has 1 amide bonds. The van der Waals surface area contributed by atoms with Crippen LogP contribution >= 0.6 is 23.2 Å². The summed E-state index contributed by atoms with van der Waals surface area (Å²) >= 11 is 12.3. The van der Waals surface area contributed by atoms with Crippen molar-refractivity contribution in [1.29, 1.82) is 0 Å². The zero-order chi connectivity index (χ0) is 19.0. The Hall–Kier alpha value is -2.89. The lowest BCUT2D eigenvalue weighted by Crippen LogP contribution is -2.05. The largest absolute Gasteiger partial charge is 0.326 e. The molecule has 0 spiro atoms. The molecule has 4 rings (SSSR count). The highest BCUT2D eigenvalue weighted by Crippen LogP contribution is 2.33. The van der Waals surface area contributed by atoms with Gasteiger partial charge >= 0.3 is 0 Å². The van der Waals surface area contributed by atoms with Crippen LogP contribution in [0.25, 0.3) is 33.5 Å². The standard InChI is InChI=1S/C20H14Cl2N4O/c1-11(27)23-14-5-2-12(3-6-14)18-9-8-16-19(25-26-20(16)24-18)15-7-4-13(21)10-17(15)22/h2-10H,1H3,(H,23,27)(H,24,25,26). The number of nitrogens with one attached hydrogen (secondary N) is 2. The molecule has 0 bridgehead atoms. The van der Waals surface area contributed by atoms with E-state index < -0.39 is 0 Å². The van der Waals surface area contributed by atoms with Gasteiger partial charge in [-0.05, 0) is 42.5 Å². The van der Waals surface area contributed by atoms with E-state index in [9.17, 15) is 4.79 Å². The van der Waals surface area contributed by atoms with Crippen LogP contribution in [0.2, 0.25) is 10.0 Å². The van der Waals surface area contributed by atoms with Crippen LogP contribution in [0.4, 0.5) is 5.69 Å². The average Bonchev–Trinajstić information content (AvgIpc) is 3.05. The third-order valence-corrected chi connectivity index (χ3v) is 4.67. The quantitative estimate of drug-likeness (QED) is 0.476. The van der Waals surface area contributed by atoms with Crippen molar-refractivity contribution in [3.8, 4) is 22.5 Å². The van der Waals surface area contributed by atoms with Crippen molar-refractivity contribution in [3.63, 3.8) is 0 Å². The van der Waals surface area contributed by atoms with Gasteiger partial charge in [0.2, 0.25) is 5.91 Å². The number of pyridine rings is 1. The Bertz CT molecular complexity index is 1150. The molecule has 2 heterocycles. The summed E-state index contributed by atoms with van der Waals surface area (Å²) in [5.74, 6) is -0.104. The lowest BCUT2D eigenvalue weighted by Gasteiger charge is -2.05. The number of aromatic nitrogens is 3. The van der Waals surface area contributed by atoms with Gasteiger partial charge in [-0.25, -0.2) is 4.98 Å². The highest BCUT2D eigenvalue weighted by Gasteiger charge is 2.13. The molecule has 0 aliphatic carbocycles. The van der Waals surface area contributed by atoms with Crippen LogP contribution in [0.1, 0.15) is 6.92 Å². The molecule has 2 aromatic heterocycles. The molecule has 0 saturated carbocycles. The highest BCUT2D eigenvalue weighted by molar-refractivity contribution is 6.36. The summed E-state index contributed by atoms with van der Waals surface area (Å²) in [4.78, 5) is 15.8. The van der Waals surface area contributed by atoms with Gasteiger partial charge < -0.3 is 5.32 Å². The number of H-pyrrole nitrogens is 1. The zero-order valence-electron chi connectivity index (χ0n) is 14.3. The average molecular weight is 397 g/mol. The Morgan fingerprint density at radius 3 is 2.52 bits per heavy atom. The van der Waals surface area contributed by atoms with E-state index in [0.717, 1.165) is 33.6 Å². The van der Waals surface area contributed by atoms with E-state index in [1.54, 1.807) is 12.1 Å². The fraction of sp³-hybridized carbons (Fsp3) is 0.0500. The number of nitrogens with zero attached hydrogens (tertiary/aromatic N) is 2. The predicted octanol–water partition coefficient (Wildman–Crippen LogP) is 5.56. The monoisotopic (exact) mass is 396 g/mol. The van der Waals surface area contributed by atoms with Crippen LogP contribution in [-0.4, -0.2) is 21.1 Å². The molecule has 0 atom stereocenters. The van der Waals surface area contributed by atoms with Gasteiger partial charge in [0.1, 0.15) is 0 Å². The first-order valence-electron chi connectivity index (χ1n) is 8.20. The number of hydrogen-bond acceptors (Lipinski definition) is 3. The van der Waals surface area contributed by atoms with Gasteiger partial charge in [-0.3, -0.25) is 9.89 Å². The molecule has 5 nitrogen and oxygen atoms in total. The van der Waals surface area contributed by atoms with E-state index in [1.807, 2.05) is 42.5 Å². The minimum absolute atomic E-state index is 0.104. The lowest BCUT2D eigenvalue weighted by molar-refractivity contribution is -0.114. The van der Waals surface area contributed by atoms with Crippen molar-refractivity contribution in [2.24, 2.45) is 0 Å². The summed E-state index contributed by atoms with van der Waals surface area (Å²) in [7, 11) is 0. The number of fused-ring (bicyclic) bond motifs is 1. The van der Waals surface area contributed by atoms with Crippen molar-refractivity contribution in [3.05, 3.63) is 64.6 Å². The summed E-state index contributed by atoms with van der Waals surface area (Å²) in [6.45, 7) is 1.48. The van der Waals surface area contributed by atoms with Crippen molar-refractivity contribution in [2.75, 3.05) is 5.32 Å². The van der Waals surface area contributed by atoms with E-state index >= 15 is 0 Å². The van der Waals surface area contributed by atoms with Crippen LogP contribution in [0.3, 0.4) is 0 Å². The molecule has 0 aliphatic rings. The van der Waals surface area contributed by atoms with Gasteiger partial charge in [-0.1, -0.05) is 35.3 Å². The molecule has 27 heavy (non-hydrogen) atoms. The van der Waals surface area contributed by atoms with Crippen LogP contribution in [0.15, 0.2) is 54.6 Å². The molecule has 4 aromatic rings. The van der Waals surface area contributed by atoms with Crippen molar-refractivity contribution in [1.82, 2.24) is 15.2 Å². The number of halogens is 2. The van der Waals surface area contributed by atoms with E-state index in [1.165, 1.54) is 6.92 Å². The number of benzene rings is 2. The van der Waals surface area contributed by atoms with Gasteiger partial charge in [0.25, 0.3) is 0 Å². The minimum atomic E-state index is -0.104. The number of hydrogen-bond donors (Lipinski definition) is 2. The Morgan fingerprint density at radius 2 is 1.81 bits per heavy atom. The van der Waals surface area contributed by atoms with Crippen molar-refractivity contribution < 1.29 is 4.79 Å². The molecule has 0 aliphatic heterocycles. The Kier molecular flexibility index (Phi) is 4.56. The summed E-state index contributed by atoms with van der Waals surface area (Å²) in [5, 5.41) is 12.1. The van der Waals surface area contributed by atoms with Crippen LogP contribution in [0, 0.1) is 0 Å². The maximum Gasteiger partial charge on any atom is 0.221 e. The topological polar surface area (TPSA) is 70.7 Å². The van der Waals surface area contributed by atoms with Crippen molar-refractivity contribution >= 4 is 45.8 Å². The minimum Gasteiger partial charge on any atom is -0.326 e. The molecule has 2 aromatic carbocycles. The maximum absolute atomic E-state index is 11.1. The molecular weight excluding hydrogens is 383 g/mol. The van der Waals surface area contributed by atoms with Gasteiger partial charge in [0, 0.05) is 34.1 Å².